The number of ether oxygens (including phenoxy) is 1. The Hall–Kier alpha value is -4.72. The zero-order chi connectivity index (χ0) is 32.6. The summed E-state index contributed by atoms with van der Waals surface area (Å²) in [5.74, 6) is -0.0249. The minimum Gasteiger partial charge on any atom is -0.437 e. The third-order valence-electron chi connectivity index (χ3n) is 7.73. The molecule has 3 N–H and O–H groups in total. The first kappa shape index (κ1) is 31.3. The van der Waals surface area contributed by atoms with E-state index in [1.54, 1.807) is 42.2 Å². The number of nitrogens with two attached hydrogens (primary N) is 1. The van der Waals surface area contributed by atoms with E-state index in [-0.39, 0.29) is 40.0 Å². The number of nitrogens with zero attached hydrogens (tertiary/aromatic N) is 6. The maximum Gasteiger partial charge on any atom is 0.416 e. The Kier molecular flexibility index (Phi) is 8.55. The number of benzene rings is 3. The first-order valence-corrected chi connectivity index (χ1v) is 14.8. The van der Waals surface area contributed by atoms with E-state index < -0.39 is 17.6 Å². The molecule has 3 aromatic carbocycles. The van der Waals surface area contributed by atoms with Gasteiger partial charge in [0, 0.05) is 56.7 Å². The summed E-state index contributed by atoms with van der Waals surface area (Å²) in [6, 6.07) is 15.3. The number of aromatic nitrogens is 4. The number of halogens is 4. The number of fused-ring (bicyclic) bond motifs is 1. The summed E-state index contributed by atoms with van der Waals surface area (Å²) in [5, 5.41) is 2.64. The van der Waals surface area contributed by atoms with Crippen molar-refractivity contribution < 1.29 is 22.7 Å². The van der Waals surface area contributed by atoms with Crippen LogP contribution >= 0.6 is 11.6 Å². The number of likely N-dealkylation sites (N-methyl/N-ethyl adjacent to an activating group) is 1. The molecule has 0 saturated carbocycles. The van der Waals surface area contributed by atoms with Crippen LogP contribution in [0.15, 0.2) is 67.0 Å². The van der Waals surface area contributed by atoms with Gasteiger partial charge < -0.3 is 25.3 Å². The summed E-state index contributed by atoms with van der Waals surface area (Å²) in [6.45, 7) is 3.07. The standard InChI is InChI=1S/C32H30ClF3N8O2/c1-42-10-12-44(13-11-42)17-20-6-7-22(15-25(20)32(34,35)36)39-30(45)24-16-23(8-9-26(24)33)46-31-27-29(43(2)18-38-27)40-28(41-31)19-4-3-5-21(37)14-19/h3-9,14-16,18H,10-13,17,37H2,1-2H3,(H,39,45). The van der Waals surface area contributed by atoms with Crippen LogP contribution in [0.3, 0.4) is 0 Å². The fourth-order valence-corrected chi connectivity index (χ4v) is 5.42. The van der Waals surface area contributed by atoms with Crippen LogP contribution in [0.5, 0.6) is 11.6 Å². The Morgan fingerprint density at radius 3 is 2.54 bits per heavy atom. The van der Waals surface area contributed by atoms with Crippen LogP contribution in [0, 0.1) is 0 Å². The van der Waals surface area contributed by atoms with Crippen LogP contribution in [0.2, 0.25) is 5.02 Å². The Morgan fingerprint density at radius 2 is 1.80 bits per heavy atom. The lowest BCUT2D eigenvalue weighted by Crippen LogP contribution is -2.44. The summed E-state index contributed by atoms with van der Waals surface area (Å²) in [7, 11) is 3.76. The zero-order valence-electron chi connectivity index (χ0n) is 25.0. The van der Waals surface area contributed by atoms with Crippen molar-refractivity contribution in [2.24, 2.45) is 7.05 Å². The number of nitrogen functional groups attached to an aromatic ring is 1. The van der Waals surface area contributed by atoms with Crippen molar-refractivity contribution in [1.29, 1.82) is 0 Å². The number of aryl methyl sites for hydroxylation is 1. The van der Waals surface area contributed by atoms with Crippen molar-refractivity contribution in [3.63, 3.8) is 0 Å². The first-order chi connectivity index (χ1) is 21.9. The largest absolute Gasteiger partial charge is 0.437 e. The van der Waals surface area contributed by atoms with Gasteiger partial charge in [-0.1, -0.05) is 29.8 Å². The SMILES string of the molecule is CN1CCN(Cc2ccc(NC(=O)c3cc(Oc4nc(-c5cccc(N)c5)nc5c4ncn5C)ccc3Cl)cc2C(F)(F)F)CC1. The molecule has 0 aliphatic carbocycles. The molecule has 238 valence electrons. The Bertz CT molecular complexity index is 1920. The number of anilines is 2. The molecule has 6 rings (SSSR count). The minimum absolute atomic E-state index is 0.00313. The van der Waals surface area contributed by atoms with E-state index in [2.05, 4.69) is 25.2 Å². The van der Waals surface area contributed by atoms with E-state index in [0.717, 1.165) is 19.2 Å². The number of piperazine rings is 1. The van der Waals surface area contributed by atoms with Gasteiger partial charge in [-0.2, -0.15) is 18.2 Å². The molecule has 1 aliphatic heterocycles. The normalized spacial score (nSPS) is 14.5. The van der Waals surface area contributed by atoms with E-state index in [0.29, 0.717) is 41.3 Å². The van der Waals surface area contributed by atoms with Crippen LogP contribution in [-0.2, 0) is 19.8 Å². The lowest BCUT2D eigenvalue weighted by molar-refractivity contribution is -0.138. The number of imidazole rings is 1. The molecule has 0 atom stereocenters. The lowest BCUT2D eigenvalue weighted by Gasteiger charge is -2.33. The second-order valence-electron chi connectivity index (χ2n) is 11.2. The highest BCUT2D eigenvalue weighted by Crippen LogP contribution is 2.36. The van der Waals surface area contributed by atoms with Crippen molar-refractivity contribution in [1.82, 2.24) is 29.3 Å². The summed E-state index contributed by atoms with van der Waals surface area (Å²) in [5.41, 5.74) is 7.38. The molecule has 0 unspecified atom stereocenters. The van der Waals surface area contributed by atoms with Gasteiger partial charge in [-0.25, -0.2) is 9.97 Å². The van der Waals surface area contributed by atoms with Gasteiger partial charge >= 0.3 is 6.18 Å². The molecule has 46 heavy (non-hydrogen) atoms. The highest BCUT2D eigenvalue weighted by molar-refractivity contribution is 6.34. The summed E-state index contributed by atoms with van der Waals surface area (Å²) in [6.07, 6.45) is -3.03. The number of rotatable bonds is 7. The van der Waals surface area contributed by atoms with Gasteiger partial charge in [0.05, 0.1) is 22.5 Å². The van der Waals surface area contributed by atoms with Crippen LogP contribution in [-0.4, -0.2) is 68.5 Å². The van der Waals surface area contributed by atoms with Gasteiger partial charge in [-0.3, -0.25) is 9.69 Å². The third kappa shape index (κ3) is 6.76. The molecule has 0 bridgehead atoms. The maximum absolute atomic E-state index is 14.1. The Balaban J connectivity index is 1.26. The fraction of sp³-hybridized carbons (Fsp3) is 0.250. The molecular formula is C32H30ClF3N8O2. The summed E-state index contributed by atoms with van der Waals surface area (Å²) >= 11 is 6.37. The maximum atomic E-state index is 14.1. The average Bonchev–Trinajstić information content (AvgIpc) is 3.40. The second kappa shape index (κ2) is 12.6. The molecule has 5 aromatic rings. The molecule has 14 heteroatoms. The van der Waals surface area contributed by atoms with Crippen molar-refractivity contribution in [2.45, 2.75) is 12.7 Å². The topological polar surface area (TPSA) is 114 Å². The van der Waals surface area contributed by atoms with E-state index in [1.807, 2.05) is 18.0 Å². The second-order valence-corrected chi connectivity index (χ2v) is 11.6. The highest BCUT2D eigenvalue weighted by atomic mass is 35.5. The van der Waals surface area contributed by atoms with E-state index in [1.165, 1.54) is 24.3 Å². The highest BCUT2D eigenvalue weighted by Gasteiger charge is 2.34. The predicted molar refractivity (Wildman–Crippen MR) is 170 cm³/mol. The van der Waals surface area contributed by atoms with Crippen LogP contribution in [0.25, 0.3) is 22.6 Å². The summed E-state index contributed by atoms with van der Waals surface area (Å²) in [4.78, 5) is 31.0. The smallest absolute Gasteiger partial charge is 0.416 e. The van der Waals surface area contributed by atoms with E-state index in [9.17, 15) is 18.0 Å². The van der Waals surface area contributed by atoms with Gasteiger partial charge in [0.15, 0.2) is 17.0 Å². The van der Waals surface area contributed by atoms with Crippen LogP contribution in [0.1, 0.15) is 21.5 Å². The number of hydrogen-bond donors (Lipinski definition) is 2. The molecular weight excluding hydrogens is 621 g/mol. The quantitative estimate of drug-likeness (QED) is 0.204. The number of amides is 1. The molecule has 1 aliphatic rings. The first-order valence-electron chi connectivity index (χ1n) is 14.4. The molecule has 1 amide bonds. The van der Waals surface area contributed by atoms with E-state index >= 15 is 0 Å². The van der Waals surface area contributed by atoms with Crippen molar-refractivity contribution in [2.75, 3.05) is 44.3 Å². The minimum atomic E-state index is -4.60. The number of carbonyl (C=O) groups is 1. The van der Waals surface area contributed by atoms with Crippen molar-refractivity contribution in [3.8, 4) is 23.0 Å². The van der Waals surface area contributed by atoms with Gasteiger partial charge in [-0.15, -0.1) is 0 Å². The Labute approximate surface area is 267 Å². The fourth-order valence-electron chi connectivity index (χ4n) is 5.21. The van der Waals surface area contributed by atoms with Crippen molar-refractivity contribution >= 4 is 40.0 Å². The van der Waals surface area contributed by atoms with Gasteiger partial charge in [0.1, 0.15) is 5.75 Å². The number of nitrogens with one attached hydrogen (secondary N) is 1. The molecule has 2 aromatic heterocycles. The van der Waals surface area contributed by atoms with Gasteiger partial charge in [0.25, 0.3) is 11.8 Å². The number of alkyl halides is 3. The van der Waals surface area contributed by atoms with Gasteiger partial charge in [0.2, 0.25) is 0 Å². The summed E-state index contributed by atoms with van der Waals surface area (Å²) < 4.78 is 50.1. The Morgan fingerprint density at radius 1 is 1.02 bits per heavy atom. The molecule has 3 heterocycles. The van der Waals surface area contributed by atoms with Crippen molar-refractivity contribution in [3.05, 3.63) is 88.7 Å². The number of hydrogen-bond acceptors (Lipinski definition) is 8. The molecule has 0 spiro atoms. The monoisotopic (exact) mass is 650 g/mol. The van der Waals surface area contributed by atoms with Gasteiger partial charge in [-0.05, 0) is 55.1 Å². The average molecular weight is 651 g/mol. The molecule has 1 saturated heterocycles. The van der Waals surface area contributed by atoms with E-state index in [4.69, 9.17) is 22.1 Å². The van der Waals surface area contributed by atoms with Crippen LogP contribution in [0.4, 0.5) is 24.5 Å². The molecule has 1 fully saturated rings. The third-order valence-corrected chi connectivity index (χ3v) is 8.06. The molecule has 10 nitrogen and oxygen atoms in total. The van der Waals surface area contributed by atoms with Crippen LogP contribution < -0.4 is 15.8 Å². The lowest BCUT2D eigenvalue weighted by atomic mass is 10.0. The zero-order valence-corrected chi connectivity index (χ0v) is 25.7. The predicted octanol–water partition coefficient (Wildman–Crippen LogP) is 6.08. The number of carbonyl (C=O) groups excluding carboxylic acids is 1. The molecule has 0 radical (unpaired) electrons.